The van der Waals surface area contributed by atoms with Crippen molar-refractivity contribution >= 4 is 15.9 Å². The second kappa shape index (κ2) is 8.59. The lowest BCUT2D eigenvalue weighted by atomic mass is 9.75. The van der Waals surface area contributed by atoms with E-state index in [1.54, 1.807) is 12.1 Å². The Morgan fingerprint density at radius 3 is 2.77 bits per heavy atom. The molecular weight excluding hydrogens is 401 g/mol. The summed E-state index contributed by atoms with van der Waals surface area (Å²) in [6.07, 6.45) is 0.330. The van der Waals surface area contributed by atoms with E-state index in [2.05, 4.69) is 15.9 Å². The molecule has 0 aromatic heterocycles. The summed E-state index contributed by atoms with van der Waals surface area (Å²) in [6, 6.07) is 14.5. The molecule has 0 amide bonds. The number of hydrogen-bond acceptors (Lipinski definition) is 4. The SMILES string of the molecule is NC1(c2cc(Br)ccc2F)COC(COCc2ccccc2)CC1CO. The van der Waals surface area contributed by atoms with Crippen LogP contribution in [0, 0.1) is 11.7 Å². The Labute approximate surface area is 161 Å². The van der Waals surface area contributed by atoms with E-state index in [0.29, 0.717) is 25.2 Å². The summed E-state index contributed by atoms with van der Waals surface area (Å²) in [5, 5.41) is 9.86. The van der Waals surface area contributed by atoms with Crippen molar-refractivity contribution in [3.05, 3.63) is 69.9 Å². The summed E-state index contributed by atoms with van der Waals surface area (Å²) in [6.45, 7) is 0.896. The molecule has 3 N–H and O–H groups in total. The van der Waals surface area contributed by atoms with Crippen LogP contribution in [0.4, 0.5) is 4.39 Å². The highest BCUT2D eigenvalue weighted by Gasteiger charge is 2.44. The molecule has 2 aromatic rings. The zero-order valence-electron chi connectivity index (χ0n) is 14.4. The first-order chi connectivity index (χ1) is 12.5. The van der Waals surface area contributed by atoms with Gasteiger partial charge in [-0.1, -0.05) is 46.3 Å². The fraction of sp³-hybridized carbons (Fsp3) is 0.400. The van der Waals surface area contributed by atoms with E-state index in [-0.39, 0.29) is 25.2 Å². The molecule has 26 heavy (non-hydrogen) atoms. The van der Waals surface area contributed by atoms with Gasteiger partial charge in [-0.2, -0.15) is 0 Å². The van der Waals surface area contributed by atoms with E-state index >= 15 is 0 Å². The minimum absolute atomic E-state index is 0.130. The third-order valence-electron chi connectivity index (χ3n) is 4.90. The summed E-state index contributed by atoms with van der Waals surface area (Å²) >= 11 is 3.35. The molecule has 4 nitrogen and oxygen atoms in total. The first-order valence-corrected chi connectivity index (χ1v) is 9.41. The lowest BCUT2D eigenvalue weighted by molar-refractivity contribution is -0.106. The normalized spacial score (nSPS) is 26.0. The number of rotatable bonds is 6. The van der Waals surface area contributed by atoms with Crippen LogP contribution in [0.25, 0.3) is 0 Å². The Hall–Kier alpha value is -1.31. The topological polar surface area (TPSA) is 64.7 Å². The molecule has 0 bridgehead atoms. The molecule has 1 heterocycles. The number of hydrogen-bond donors (Lipinski definition) is 2. The zero-order valence-corrected chi connectivity index (χ0v) is 16.0. The summed E-state index contributed by atoms with van der Waals surface area (Å²) < 4.78 is 26.7. The van der Waals surface area contributed by atoms with Gasteiger partial charge in [-0.05, 0) is 30.2 Å². The highest BCUT2D eigenvalue weighted by molar-refractivity contribution is 9.10. The molecule has 3 rings (SSSR count). The maximum absolute atomic E-state index is 14.3. The van der Waals surface area contributed by atoms with Crippen LogP contribution in [-0.2, 0) is 21.6 Å². The molecule has 0 spiro atoms. The maximum atomic E-state index is 14.3. The van der Waals surface area contributed by atoms with Gasteiger partial charge in [0.15, 0.2) is 0 Å². The Kier molecular flexibility index (Phi) is 6.42. The third-order valence-corrected chi connectivity index (χ3v) is 5.39. The maximum Gasteiger partial charge on any atom is 0.128 e. The van der Waals surface area contributed by atoms with E-state index in [0.717, 1.165) is 10.0 Å². The summed E-state index contributed by atoms with van der Waals surface area (Å²) in [5.41, 5.74) is 6.87. The smallest absolute Gasteiger partial charge is 0.128 e. The van der Waals surface area contributed by atoms with Crippen molar-refractivity contribution in [1.82, 2.24) is 0 Å². The van der Waals surface area contributed by atoms with Gasteiger partial charge in [0, 0.05) is 22.6 Å². The van der Waals surface area contributed by atoms with Crippen molar-refractivity contribution < 1.29 is 19.0 Å². The lowest BCUT2D eigenvalue weighted by Gasteiger charge is -2.43. The predicted octanol–water partition coefficient (Wildman–Crippen LogP) is 3.36. The van der Waals surface area contributed by atoms with Crippen molar-refractivity contribution in [3.8, 4) is 0 Å². The standard InChI is InChI=1S/C20H23BrFNO3/c21-16-6-7-19(22)18(9-16)20(23)13-26-17(8-15(20)10-24)12-25-11-14-4-2-1-3-5-14/h1-7,9,15,17,24H,8,10-13,23H2. The molecule has 140 valence electrons. The fourth-order valence-electron chi connectivity index (χ4n) is 3.36. The minimum Gasteiger partial charge on any atom is -0.396 e. The van der Waals surface area contributed by atoms with Crippen molar-refractivity contribution in [2.24, 2.45) is 11.7 Å². The van der Waals surface area contributed by atoms with Gasteiger partial charge in [0.1, 0.15) is 5.82 Å². The van der Waals surface area contributed by atoms with Gasteiger partial charge in [-0.25, -0.2) is 4.39 Å². The van der Waals surface area contributed by atoms with E-state index in [9.17, 15) is 9.50 Å². The van der Waals surface area contributed by atoms with Crippen molar-refractivity contribution in [2.75, 3.05) is 19.8 Å². The Morgan fingerprint density at radius 2 is 2.04 bits per heavy atom. The van der Waals surface area contributed by atoms with Gasteiger partial charge in [-0.15, -0.1) is 0 Å². The van der Waals surface area contributed by atoms with Crippen LogP contribution in [0.3, 0.4) is 0 Å². The predicted molar refractivity (Wildman–Crippen MR) is 101 cm³/mol. The van der Waals surface area contributed by atoms with Crippen LogP contribution in [0.1, 0.15) is 17.5 Å². The number of aliphatic hydroxyl groups excluding tert-OH is 1. The number of halogens is 2. The quantitative estimate of drug-likeness (QED) is 0.747. The first-order valence-electron chi connectivity index (χ1n) is 8.61. The molecular formula is C20H23BrFNO3. The number of nitrogens with two attached hydrogens (primary N) is 1. The number of ether oxygens (including phenoxy) is 2. The van der Waals surface area contributed by atoms with Crippen LogP contribution < -0.4 is 5.73 Å². The highest BCUT2D eigenvalue weighted by Crippen LogP contribution is 2.37. The van der Waals surface area contributed by atoms with Crippen LogP contribution in [0.2, 0.25) is 0 Å². The highest BCUT2D eigenvalue weighted by atomic mass is 79.9. The third kappa shape index (κ3) is 4.32. The van der Waals surface area contributed by atoms with Crippen LogP contribution in [-0.4, -0.2) is 31.0 Å². The monoisotopic (exact) mass is 423 g/mol. The fourth-order valence-corrected chi connectivity index (χ4v) is 3.72. The first kappa shape index (κ1) is 19.5. The lowest BCUT2D eigenvalue weighted by Crippen LogP contribution is -2.55. The summed E-state index contributed by atoms with van der Waals surface area (Å²) in [4.78, 5) is 0. The van der Waals surface area contributed by atoms with E-state index in [1.165, 1.54) is 6.07 Å². The Morgan fingerprint density at radius 1 is 1.27 bits per heavy atom. The molecule has 1 aliphatic rings. The van der Waals surface area contributed by atoms with Crippen molar-refractivity contribution in [2.45, 2.75) is 24.7 Å². The molecule has 0 saturated carbocycles. The minimum atomic E-state index is -1.07. The van der Waals surface area contributed by atoms with E-state index in [1.807, 2.05) is 30.3 Å². The van der Waals surface area contributed by atoms with Gasteiger partial charge in [0.05, 0.1) is 31.5 Å². The molecule has 1 fully saturated rings. The molecule has 0 radical (unpaired) electrons. The van der Waals surface area contributed by atoms with E-state index < -0.39 is 11.4 Å². The van der Waals surface area contributed by atoms with Crippen molar-refractivity contribution in [1.29, 1.82) is 0 Å². The largest absolute Gasteiger partial charge is 0.396 e. The average molecular weight is 424 g/mol. The number of benzene rings is 2. The van der Waals surface area contributed by atoms with Crippen molar-refractivity contribution in [3.63, 3.8) is 0 Å². The Bertz CT molecular complexity index is 730. The molecule has 6 heteroatoms. The van der Waals surface area contributed by atoms with Crippen LogP contribution >= 0.6 is 15.9 Å². The summed E-state index contributed by atoms with van der Waals surface area (Å²) in [5.74, 6) is -0.707. The van der Waals surface area contributed by atoms with Crippen LogP contribution in [0.5, 0.6) is 0 Å². The van der Waals surface area contributed by atoms with E-state index in [4.69, 9.17) is 15.2 Å². The molecule has 1 saturated heterocycles. The van der Waals surface area contributed by atoms with Gasteiger partial charge in [0.25, 0.3) is 0 Å². The van der Waals surface area contributed by atoms with Gasteiger partial charge in [-0.3, -0.25) is 0 Å². The zero-order chi connectivity index (χ0) is 18.6. The second-order valence-electron chi connectivity index (χ2n) is 6.71. The Balaban J connectivity index is 1.64. The number of aliphatic hydroxyl groups is 1. The summed E-state index contributed by atoms with van der Waals surface area (Å²) in [7, 11) is 0. The van der Waals surface area contributed by atoms with Gasteiger partial charge < -0.3 is 20.3 Å². The van der Waals surface area contributed by atoms with Crippen LogP contribution in [0.15, 0.2) is 53.0 Å². The second-order valence-corrected chi connectivity index (χ2v) is 7.63. The molecule has 2 aromatic carbocycles. The van der Waals surface area contributed by atoms with Gasteiger partial charge >= 0.3 is 0 Å². The molecule has 3 unspecified atom stereocenters. The van der Waals surface area contributed by atoms with Gasteiger partial charge in [0.2, 0.25) is 0 Å². The molecule has 3 atom stereocenters. The molecule has 1 aliphatic heterocycles. The average Bonchev–Trinajstić information content (AvgIpc) is 2.66. The molecule has 0 aliphatic carbocycles.